The van der Waals surface area contributed by atoms with Crippen LogP contribution in [0.2, 0.25) is 0 Å². The normalized spacial score (nSPS) is 12.2. The third-order valence-electron chi connectivity index (χ3n) is 4.40. The minimum Gasteiger partial charge on any atom is -0.488 e. The van der Waals surface area contributed by atoms with Gasteiger partial charge in [0.1, 0.15) is 5.78 Å². The molecular weight excluding hydrogens is 427 g/mol. The Morgan fingerprint density at radius 1 is 1.16 bits per heavy atom. The van der Waals surface area contributed by atoms with E-state index < -0.39 is 18.8 Å². The lowest BCUT2D eigenvalue weighted by atomic mass is 10.1. The van der Waals surface area contributed by atoms with Crippen LogP contribution in [0.15, 0.2) is 24.4 Å². The number of ketones is 1. The maximum absolute atomic E-state index is 12.8. The van der Waals surface area contributed by atoms with Gasteiger partial charge in [0.05, 0.1) is 12.6 Å². The SMILES string of the molecule is CCOc1cc(C(C)NC(=O)c2cc(C)nc(CC(=O)CC)c2)cnc1OCC(F)(F)F. The number of nitrogens with one attached hydrogen (secondary N) is 1. The summed E-state index contributed by atoms with van der Waals surface area (Å²) >= 11 is 0. The number of rotatable bonds is 10. The second-order valence-corrected chi connectivity index (χ2v) is 7.16. The second-order valence-electron chi connectivity index (χ2n) is 7.16. The fraction of sp³-hybridized carbons (Fsp3) is 0.455. The molecule has 0 fully saturated rings. The fourth-order valence-corrected chi connectivity index (χ4v) is 2.85. The molecule has 0 spiro atoms. The van der Waals surface area contributed by atoms with E-state index in [2.05, 4.69) is 15.3 Å². The zero-order valence-corrected chi connectivity index (χ0v) is 18.4. The molecule has 1 N–H and O–H groups in total. The van der Waals surface area contributed by atoms with Gasteiger partial charge in [-0.25, -0.2) is 4.98 Å². The van der Waals surface area contributed by atoms with Crippen molar-refractivity contribution in [3.8, 4) is 11.6 Å². The Morgan fingerprint density at radius 3 is 2.50 bits per heavy atom. The first-order valence-corrected chi connectivity index (χ1v) is 10.1. The van der Waals surface area contributed by atoms with Crippen LogP contribution >= 0.6 is 0 Å². The molecule has 0 bridgehead atoms. The number of pyridine rings is 2. The van der Waals surface area contributed by atoms with Gasteiger partial charge < -0.3 is 14.8 Å². The molecule has 10 heteroatoms. The monoisotopic (exact) mass is 453 g/mol. The van der Waals surface area contributed by atoms with E-state index in [-0.39, 0.29) is 36.3 Å². The number of amides is 1. The highest BCUT2D eigenvalue weighted by Crippen LogP contribution is 2.29. The molecule has 0 aliphatic rings. The van der Waals surface area contributed by atoms with Crippen LogP contribution in [0.3, 0.4) is 0 Å². The highest BCUT2D eigenvalue weighted by Gasteiger charge is 2.29. The molecule has 2 heterocycles. The van der Waals surface area contributed by atoms with Crippen molar-refractivity contribution in [2.45, 2.75) is 52.8 Å². The lowest BCUT2D eigenvalue weighted by Gasteiger charge is -2.18. The van der Waals surface area contributed by atoms with Gasteiger partial charge in [-0.15, -0.1) is 0 Å². The van der Waals surface area contributed by atoms with E-state index in [4.69, 9.17) is 9.47 Å². The van der Waals surface area contributed by atoms with E-state index >= 15 is 0 Å². The zero-order valence-electron chi connectivity index (χ0n) is 18.4. The number of ether oxygens (including phenoxy) is 2. The van der Waals surface area contributed by atoms with Crippen molar-refractivity contribution in [2.24, 2.45) is 0 Å². The molecule has 1 atom stereocenters. The summed E-state index contributed by atoms with van der Waals surface area (Å²) < 4.78 is 47.4. The molecule has 7 nitrogen and oxygen atoms in total. The maximum Gasteiger partial charge on any atom is 0.422 e. The Kier molecular flexibility index (Phi) is 8.56. The van der Waals surface area contributed by atoms with Gasteiger partial charge in [0.15, 0.2) is 12.4 Å². The van der Waals surface area contributed by atoms with Crippen molar-refractivity contribution >= 4 is 11.7 Å². The molecule has 0 aliphatic heterocycles. The van der Waals surface area contributed by atoms with E-state index in [0.717, 1.165) is 0 Å². The number of nitrogens with zero attached hydrogens (tertiary/aromatic N) is 2. The summed E-state index contributed by atoms with van der Waals surface area (Å²) in [6.45, 7) is 5.59. The highest BCUT2D eigenvalue weighted by atomic mass is 19.4. The zero-order chi connectivity index (χ0) is 23.9. The summed E-state index contributed by atoms with van der Waals surface area (Å²) in [4.78, 5) is 32.7. The first-order chi connectivity index (χ1) is 15.0. The summed E-state index contributed by atoms with van der Waals surface area (Å²) in [6.07, 6.45) is -2.66. The van der Waals surface area contributed by atoms with Crippen LogP contribution in [-0.2, 0) is 11.2 Å². The number of alkyl halides is 3. The Balaban J connectivity index is 2.17. The first-order valence-electron chi connectivity index (χ1n) is 10.1. The summed E-state index contributed by atoms with van der Waals surface area (Å²) in [5.41, 5.74) is 2.00. The van der Waals surface area contributed by atoms with E-state index in [1.807, 2.05) is 0 Å². The third kappa shape index (κ3) is 7.51. The first kappa shape index (κ1) is 25.1. The molecule has 1 amide bonds. The van der Waals surface area contributed by atoms with Crippen LogP contribution in [0, 0.1) is 6.92 Å². The summed E-state index contributed by atoms with van der Waals surface area (Å²) in [6, 6.07) is 4.14. The number of carbonyl (C=O) groups excluding carboxylic acids is 2. The van der Waals surface area contributed by atoms with Crippen molar-refractivity contribution in [2.75, 3.05) is 13.2 Å². The molecule has 0 saturated carbocycles. The van der Waals surface area contributed by atoms with Crippen molar-refractivity contribution in [1.29, 1.82) is 0 Å². The molecule has 174 valence electrons. The number of aromatic nitrogens is 2. The van der Waals surface area contributed by atoms with Crippen molar-refractivity contribution in [1.82, 2.24) is 15.3 Å². The predicted molar refractivity (Wildman–Crippen MR) is 111 cm³/mol. The standard InChI is InChI=1S/C22H26F3N3O4/c1-5-18(29)10-17-8-15(7-13(3)27-17)20(30)28-14(4)16-9-19(31-6-2)21(26-11-16)32-12-22(23,24)25/h7-9,11,14H,5-6,10,12H2,1-4H3,(H,28,30). The fourth-order valence-electron chi connectivity index (χ4n) is 2.85. The number of hydrogen-bond acceptors (Lipinski definition) is 6. The van der Waals surface area contributed by atoms with E-state index in [1.54, 1.807) is 39.8 Å². The molecular formula is C22H26F3N3O4. The van der Waals surface area contributed by atoms with E-state index in [0.29, 0.717) is 28.9 Å². The Hall–Kier alpha value is -3.17. The van der Waals surface area contributed by atoms with Gasteiger partial charge in [-0.3, -0.25) is 14.6 Å². The van der Waals surface area contributed by atoms with Gasteiger partial charge in [0, 0.05) is 36.0 Å². The Bertz CT molecular complexity index is 964. The van der Waals surface area contributed by atoms with Gasteiger partial charge in [-0.2, -0.15) is 13.2 Å². The van der Waals surface area contributed by atoms with Gasteiger partial charge >= 0.3 is 6.18 Å². The van der Waals surface area contributed by atoms with E-state index in [9.17, 15) is 22.8 Å². The summed E-state index contributed by atoms with van der Waals surface area (Å²) in [5, 5.41) is 2.81. The van der Waals surface area contributed by atoms with Gasteiger partial charge in [-0.05, 0) is 44.5 Å². The minimum atomic E-state index is -4.51. The van der Waals surface area contributed by atoms with Crippen molar-refractivity contribution in [3.05, 3.63) is 46.9 Å². The van der Waals surface area contributed by atoms with Gasteiger partial charge in [0.25, 0.3) is 11.8 Å². The van der Waals surface area contributed by atoms with Gasteiger partial charge in [-0.1, -0.05) is 6.92 Å². The predicted octanol–water partition coefficient (Wildman–Crippen LogP) is 4.14. The van der Waals surface area contributed by atoms with Crippen LogP contribution in [0.1, 0.15) is 60.5 Å². The van der Waals surface area contributed by atoms with Crippen LogP contribution in [0.5, 0.6) is 11.6 Å². The van der Waals surface area contributed by atoms with E-state index in [1.165, 1.54) is 12.3 Å². The molecule has 0 saturated heterocycles. The second kappa shape index (κ2) is 10.9. The Morgan fingerprint density at radius 2 is 1.88 bits per heavy atom. The molecule has 2 aromatic rings. The smallest absolute Gasteiger partial charge is 0.422 e. The quantitative estimate of drug-likeness (QED) is 0.582. The molecule has 32 heavy (non-hydrogen) atoms. The number of carbonyl (C=O) groups is 2. The van der Waals surface area contributed by atoms with Crippen LogP contribution in [0.4, 0.5) is 13.2 Å². The third-order valence-corrected chi connectivity index (χ3v) is 4.40. The van der Waals surface area contributed by atoms with Crippen molar-refractivity contribution in [3.63, 3.8) is 0 Å². The summed E-state index contributed by atoms with van der Waals surface area (Å²) in [7, 11) is 0. The molecule has 2 aromatic heterocycles. The molecule has 1 unspecified atom stereocenters. The molecule has 0 radical (unpaired) electrons. The molecule has 2 rings (SSSR count). The average Bonchev–Trinajstić information content (AvgIpc) is 2.71. The largest absolute Gasteiger partial charge is 0.488 e. The number of halogens is 3. The average molecular weight is 453 g/mol. The Labute approximate surface area is 184 Å². The topological polar surface area (TPSA) is 90.4 Å². The lowest BCUT2D eigenvalue weighted by Crippen LogP contribution is -2.27. The van der Waals surface area contributed by atoms with Crippen LogP contribution in [0.25, 0.3) is 0 Å². The van der Waals surface area contributed by atoms with Gasteiger partial charge in [0.2, 0.25) is 0 Å². The lowest BCUT2D eigenvalue weighted by molar-refractivity contribution is -0.154. The van der Waals surface area contributed by atoms with Crippen LogP contribution in [-0.4, -0.2) is 41.0 Å². The summed E-state index contributed by atoms with van der Waals surface area (Å²) in [5.74, 6) is -0.592. The van der Waals surface area contributed by atoms with Crippen LogP contribution < -0.4 is 14.8 Å². The minimum absolute atomic E-state index is 0.0187. The maximum atomic E-state index is 12.8. The highest BCUT2D eigenvalue weighted by molar-refractivity contribution is 5.95. The van der Waals surface area contributed by atoms with Crippen molar-refractivity contribution < 1.29 is 32.2 Å². The number of aryl methyl sites for hydroxylation is 1. The molecule has 0 aliphatic carbocycles. The molecule has 0 aromatic carbocycles. The number of Topliss-reactive ketones (excluding diaryl/α,β-unsaturated/α-hetero) is 1. The number of hydrogen-bond donors (Lipinski definition) is 1.